The van der Waals surface area contributed by atoms with E-state index in [0.717, 1.165) is 13.1 Å². The van der Waals surface area contributed by atoms with Crippen molar-refractivity contribution in [1.82, 2.24) is 0 Å². The highest BCUT2D eigenvalue weighted by molar-refractivity contribution is 5.04. The molecule has 0 radical (unpaired) electrons. The Bertz CT molecular complexity index is 314. The summed E-state index contributed by atoms with van der Waals surface area (Å²) in [6, 6.07) is 0. The van der Waals surface area contributed by atoms with Gasteiger partial charge in [0.15, 0.2) is 0 Å². The van der Waals surface area contributed by atoms with Crippen molar-refractivity contribution in [2.75, 3.05) is 13.1 Å². The summed E-state index contributed by atoms with van der Waals surface area (Å²) in [5.41, 5.74) is 14.1. The summed E-state index contributed by atoms with van der Waals surface area (Å²) in [6.07, 6.45) is 18.9. The van der Waals surface area contributed by atoms with E-state index in [1.807, 2.05) is 0 Å². The van der Waals surface area contributed by atoms with E-state index in [-0.39, 0.29) is 0 Å². The van der Waals surface area contributed by atoms with Crippen molar-refractivity contribution < 1.29 is 0 Å². The maximum Gasteiger partial charge on any atom is -0.00773 e. The van der Waals surface area contributed by atoms with Gasteiger partial charge in [0.1, 0.15) is 0 Å². The Morgan fingerprint density at radius 1 is 0.783 bits per heavy atom. The minimum Gasteiger partial charge on any atom is -0.330 e. The molecule has 0 spiro atoms. The lowest BCUT2D eigenvalue weighted by atomic mass is 9.94. The van der Waals surface area contributed by atoms with Crippen LogP contribution in [-0.4, -0.2) is 13.1 Å². The van der Waals surface area contributed by atoms with Gasteiger partial charge < -0.3 is 11.5 Å². The number of unbranched alkanes of at least 4 members (excludes halogenated alkanes) is 6. The molecule has 0 fully saturated rings. The number of rotatable bonds is 15. The van der Waals surface area contributed by atoms with E-state index in [4.69, 9.17) is 11.5 Å². The van der Waals surface area contributed by atoms with Gasteiger partial charge in [0.2, 0.25) is 0 Å². The molecule has 0 aliphatic heterocycles. The van der Waals surface area contributed by atoms with Crippen molar-refractivity contribution in [3.63, 3.8) is 0 Å². The monoisotopic (exact) mass is 322 g/mol. The topological polar surface area (TPSA) is 52.0 Å². The lowest BCUT2D eigenvalue weighted by Crippen LogP contribution is -1.99. The third-order valence-electron chi connectivity index (χ3n) is 4.39. The van der Waals surface area contributed by atoms with Crippen molar-refractivity contribution in [3.05, 3.63) is 23.3 Å². The number of allylic oxidation sites excluding steroid dienone is 4. The normalized spacial score (nSPS) is 13.2. The summed E-state index contributed by atoms with van der Waals surface area (Å²) < 4.78 is 0. The molecule has 4 N–H and O–H groups in total. The fourth-order valence-electron chi connectivity index (χ4n) is 3.00. The summed E-state index contributed by atoms with van der Waals surface area (Å²) in [4.78, 5) is 0. The van der Waals surface area contributed by atoms with E-state index >= 15 is 0 Å². The molecule has 0 rings (SSSR count). The predicted molar refractivity (Wildman–Crippen MR) is 106 cm³/mol. The highest BCUT2D eigenvalue weighted by atomic mass is 14.5. The van der Waals surface area contributed by atoms with Gasteiger partial charge in [-0.2, -0.15) is 0 Å². The average molecular weight is 323 g/mol. The Hall–Kier alpha value is -0.600. The molecule has 0 aliphatic rings. The van der Waals surface area contributed by atoms with Gasteiger partial charge in [0, 0.05) is 0 Å². The standard InChI is InChI=1S/C21H42N2/c1-19(2)18-21(13-9-5-7-11-17-23)15-14-20(3)12-8-4-6-10-16-22/h14,18,21H,4-13,15-17,22-23H2,1-3H3. The van der Waals surface area contributed by atoms with Crippen molar-refractivity contribution >= 4 is 0 Å². The van der Waals surface area contributed by atoms with Gasteiger partial charge in [-0.1, -0.05) is 55.4 Å². The number of nitrogens with two attached hydrogens (primary N) is 2. The van der Waals surface area contributed by atoms with Crippen LogP contribution in [0.25, 0.3) is 0 Å². The minimum atomic E-state index is 0.713. The second-order valence-corrected chi connectivity index (χ2v) is 7.23. The quantitative estimate of drug-likeness (QED) is 0.299. The van der Waals surface area contributed by atoms with E-state index in [1.165, 1.54) is 76.2 Å². The van der Waals surface area contributed by atoms with Crippen LogP contribution in [-0.2, 0) is 0 Å². The second-order valence-electron chi connectivity index (χ2n) is 7.23. The second kappa shape index (κ2) is 16.3. The fraction of sp³-hybridized carbons (Fsp3) is 0.810. The van der Waals surface area contributed by atoms with Crippen LogP contribution in [0.3, 0.4) is 0 Å². The molecule has 1 atom stereocenters. The summed E-state index contributed by atoms with van der Waals surface area (Å²) in [5.74, 6) is 0.713. The molecule has 0 saturated heterocycles. The van der Waals surface area contributed by atoms with Crippen LogP contribution in [0.15, 0.2) is 23.3 Å². The van der Waals surface area contributed by atoms with E-state index in [0.29, 0.717) is 5.92 Å². The molecule has 0 amide bonds. The van der Waals surface area contributed by atoms with E-state index in [9.17, 15) is 0 Å². The first-order valence-electron chi connectivity index (χ1n) is 9.81. The molecule has 0 heterocycles. The van der Waals surface area contributed by atoms with Crippen LogP contribution in [0.5, 0.6) is 0 Å². The molecule has 0 aromatic heterocycles. The molecule has 0 saturated carbocycles. The molecule has 0 aromatic rings. The van der Waals surface area contributed by atoms with Crippen LogP contribution < -0.4 is 11.5 Å². The van der Waals surface area contributed by atoms with Gasteiger partial charge in [-0.25, -0.2) is 0 Å². The van der Waals surface area contributed by atoms with Crippen molar-refractivity contribution in [1.29, 1.82) is 0 Å². The smallest absolute Gasteiger partial charge is 0.00773 e. The van der Waals surface area contributed by atoms with Crippen LogP contribution in [0.1, 0.15) is 91.4 Å². The highest BCUT2D eigenvalue weighted by Gasteiger charge is 2.04. The molecular weight excluding hydrogens is 280 g/mol. The third-order valence-corrected chi connectivity index (χ3v) is 4.39. The Morgan fingerprint density at radius 2 is 1.35 bits per heavy atom. The number of hydrogen-bond acceptors (Lipinski definition) is 2. The summed E-state index contributed by atoms with van der Waals surface area (Å²) in [7, 11) is 0. The molecule has 23 heavy (non-hydrogen) atoms. The SMILES string of the molecule is CC(C)=CC(CC=C(C)CCCCCCN)CCCCCCN. The van der Waals surface area contributed by atoms with E-state index in [1.54, 1.807) is 5.57 Å². The van der Waals surface area contributed by atoms with Crippen LogP contribution in [0.2, 0.25) is 0 Å². The third kappa shape index (κ3) is 16.1. The molecule has 2 heteroatoms. The van der Waals surface area contributed by atoms with Gasteiger partial charge in [0.25, 0.3) is 0 Å². The predicted octanol–water partition coefficient (Wildman–Crippen LogP) is 5.72. The van der Waals surface area contributed by atoms with Gasteiger partial charge >= 0.3 is 0 Å². The van der Waals surface area contributed by atoms with E-state index < -0.39 is 0 Å². The summed E-state index contributed by atoms with van der Waals surface area (Å²) in [6.45, 7) is 8.41. The molecule has 0 aliphatic carbocycles. The van der Waals surface area contributed by atoms with Gasteiger partial charge in [-0.3, -0.25) is 0 Å². The Labute approximate surface area is 145 Å². The van der Waals surface area contributed by atoms with Gasteiger partial charge in [-0.15, -0.1) is 0 Å². The maximum atomic E-state index is 5.56. The van der Waals surface area contributed by atoms with Crippen LogP contribution in [0.4, 0.5) is 0 Å². The first kappa shape index (κ1) is 22.4. The van der Waals surface area contributed by atoms with Crippen LogP contribution in [0, 0.1) is 5.92 Å². The van der Waals surface area contributed by atoms with Crippen LogP contribution >= 0.6 is 0 Å². The van der Waals surface area contributed by atoms with E-state index in [2.05, 4.69) is 32.9 Å². The highest BCUT2D eigenvalue weighted by Crippen LogP contribution is 2.20. The zero-order valence-corrected chi connectivity index (χ0v) is 16.1. The maximum absolute atomic E-state index is 5.56. The fourth-order valence-corrected chi connectivity index (χ4v) is 3.00. The zero-order chi connectivity index (χ0) is 17.3. The average Bonchev–Trinajstić information content (AvgIpc) is 2.51. The summed E-state index contributed by atoms with van der Waals surface area (Å²) in [5, 5.41) is 0. The molecule has 1 unspecified atom stereocenters. The first-order chi connectivity index (χ1) is 11.1. The Balaban J connectivity index is 4.05. The number of hydrogen-bond donors (Lipinski definition) is 2. The molecule has 136 valence electrons. The summed E-state index contributed by atoms with van der Waals surface area (Å²) >= 11 is 0. The van der Waals surface area contributed by atoms with Crippen molar-refractivity contribution in [2.45, 2.75) is 91.4 Å². The Morgan fingerprint density at radius 3 is 1.91 bits per heavy atom. The molecule has 2 nitrogen and oxygen atoms in total. The lowest BCUT2D eigenvalue weighted by Gasteiger charge is -2.12. The van der Waals surface area contributed by atoms with Crippen molar-refractivity contribution in [2.24, 2.45) is 17.4 Å². The van der Waals surface area contributed by atoms with Gasteiger partial charge in [-0.05, 0) is 78.3 Å². The molecular formula is C21H42N2. The lowest BCUT2D eigenvalue weighted by molar-refractivity contribution is 0.527. The first-order valence-corrected chi connectivity index (χ1v) is 9.81. The van der Waals surface area contributed by atoms with Crippen molar-refractivity contribution in [3.8, 4) is 0 Å². The Kier molecular flexibility index (Phi) is 15.8. The minimum absolute atomic E-state index is 0.713. The zero-order valence-electron chi connectivity index (χ0n) is 16.1. The molecule has 0 bridgehead atoms. The molecule has 0 aromatic carbocycles. The van der Waals surface area contributed by atoms with Gasteiger partial charge in [0.05, 0.1) is 0 Å². The largest absolute Gasteiger partial charge is 0.330 e.